The number of phosphoric acid groups is 1. The maximum atomic E-state index is 9.34. The SMILES string of the molecule is O=P(O)(O)OCl.[KH].[KH].[NaH]. The molecule has 9 heteroatoms. The van der Waals surface area contributed by atoms with Gasteiger partial charge in [-0.1, -0.05) is 0 Å². The van der Waals surface area contributed by atoms with Crippen LogP contribution in [0.15, 0.2) is 0 Å². The second kappa shape index (κ2) is 12.7. The van der Waals surface area contributed by atoms with Crippen molar-refractivity contribution in [2.75, 3.05) is 0 Å². The molecule has 0 heterocycles. The zero-order valence-corrected chi connectivity index (χ0v) is 4.19. The van der Waals surface area contributed by atoms with Crippen molar-refractivity contribution >= 4 is 152 Å². The van der Waals surface area contributed by atoms with Crippen molar-refractivity contribution in [3.8, 4) is 0 Å². The summed E-state index contributed by atoms with van der Waals surface area (Å²) < 4.78 is 12.4. The number of halogens is 1. The van der Waals surface area contributed by atoms with Gasteiger partial charge in [-0.2, -0.15) is 4.08 Å². The van der Waals surface area contributed by atoms with E-state index in [0.717, 1.165) is 0 Å². The van der Waals surface area contributed by atoms with Gasteiger partial charge in [-0.05, 0) is 0 Å². The van der Waals surface area contributed by atoms with E-state index in [1.54, 1.807) is 0 Å². The van der Waals surface area contributed by atoms with Crippen molar-refractivity contribution < 1.29 is 18.4 Å². The second-order valence-electron chi connectivity index (χ2n) is 0.560. The number of hydrogen-bond donors (Lipinski definition) is 2. The van der Waals surface area contributed by atoms with Crippen LogP contribution in [0.2, 0.25) is 0 Å². The Labute approximate surface area is 165 Å². The first-order valence-electron chi connectivity index (χ1n) is 0.919. The van der Waals surface area contributed by atoms with Crippen LogP contribution in [0.25, 0.3) is 0 Å². The summed E-state index contributed by atoms with van der Waals surface area (Å²) in [5.74, 6) is 0. The van der Waals surface area contributed by atoms with Crippen LogP contribution in [-0.4, -0.2) is 142 Å². The van der Waals surface area contributed by atoms with Crippen molar-refractivity contribution in [1.29, 1.82) is 0 Å². The zero-order valence-electron chi connectivity index (χ0n) is 2.54. The summed E-state index contributed by atoms with van der Waals surface area (Å²) in [6.07, 6.45) is 0. The molecule has 4 nitrogen and oxygen atoms in total. The van der Waals surface area contributed by atoms with Gasteiger partial charge in [0, 0.05) is 0 Å². The molecule has 0 saturated carbocycles. The molecule has 0 aromatic rings. The van der Waals surface area contributed by atoms with Crippen LogP contribution < -0.4 is 0 Å². The van der Waals surface area contributed by atoms with Gasteiger partial charge in [0.25, 0.3) is 0 Å². The molecular formula is H5ClK2NaO4P. The van der Waals surface area contributed by atoms with E-state index in [0.29, 0.717) is 0 Å². The van der Waals surface area contributed by atoms with Crippen LogP contribution in [0.3, 0.4) is 0 Å². The maximum absolute atomic E-state index is 9.34. The first-order valence-corrected chi connectivity index (χ1v) is 2.76. The van der Waals surface area contributed by atoms with E-state index in [2.05, 4.69) is 15.9 Å². The molecule has 0 amide bonds. The molecule has 44 valence electrons. The summed E-state index contributed by atoms with van der Waals surface area (Å²) in [4.78, 5) is 15.2. The molecule has 2 N–H and O–H groups in total. The van der Waals surface area contributed by atoms with E-state index in [1.165, 1.54) is 0 Å². The van der Waals surface area contributed by atoms with Crippen molar-refractivity contribution in [3.05, 3.63) is 0 Å². The van der Waals surface area contributed by atoms with Gasteiger partial charge >= 0.3 is 140 Å². The summed E-state index contributed by atoms with van der Waals surface area (Å²) in [7, 11) is -4.38. The predicted molar refractivity (Wildman–Crippen MR) is 40.4 cm³/mol. The van der Waals surface area contributed by atoms with E-state index >= 15 is 0 Å². The number of hydrogen-bond acceptors (Lipinski definition) is 2. The third-order valence-corrected chi connectivity index (χ3v) is 0.809. The molecule has 0 fully saturated rings. The van der Waals surface area contributed by atoms with Crippen LogP contribution in [0.1, 0.15) is 0 Å². The fraction of sp³-hybridized carbons (Fsp3) is 0. The second-order valence-corrected chi connectivity index (χ2v) is 2.09. The van der Waals surface area contributed by atoms with Crippen molar-refractivity contribution in [3.63, 3.8) is 0 Å². The molecule has 0 spiro atoms. The van der Waals surface area contributed by atoms with Crippen LogP contribution in [-0.2, 0) is 8.64 Å². The van der Waals surface area contributed by atoms with Gasteiger partial charge in [0.2, 0.25) is 0 Å². The fourth-order valence-corrected chi connectivity index (χ4v) is 0. The van der Waals surface area contributed by atoms with Gasteiger partial charge in [0.15, 0.2) is 0 Å². The van der Waals surface area contributed by atoms with Gasteiger partial charge in [-0.3, -0.25) is 0 Å². The van der Waals surface area contributed by atoms with Crippen LogP contribution in [0.4, 0.5) is 0 Å². The Morgan fingerprint density at radius 1 is 1.33 bits per heavy atom. The Balaban J connectivity index is -0.0000000417. The summed E-state index contributed by atoms with van der Waals surface area (Å²) in [6.45, 7) is 0. The number of rotatable bonds is 1. The predicted octanol–water partition coefficient (Wildman–Crippen LogP) is -1.70. The summed E-state index contributed by atoms with van der Waals surface area (Å²) in [5.41, 5.74) is 0. The molecule has 0 aliphatic rings. The topological polar surface area (TPSA) is 66.8 Å². The Morgan fingerprint density at radius 2 is 1.44 bits per heavy atom. The minimum atomic E-state index is -4.38. The average molecular weight is 237 g/mol. The van der Waals surface area contributed by atoms with E-state index in [1.807, 2.05) is 0 Å². The Morgan fingerprint density at radius 3 is 1.44 bits per heavy atom. The third-order valence-electron chi connectivity index (χ3n) is 0.0899. The van der Waals surface area contributed by atoms with E-state index in [9.17, 15) is 4.57 Å². The standard InChI is InChI=1S/ClH2O4P.2K.Na.3H/c1-5-6(2,3)4;;;;;;/h(H2,2,3,4);;;;;;. The molecule has 0 radical (unpaired) electrons. The molecule has 0 atom stereocenters. The van der Waals surface area contributed by atoms with Crippen LogP contribution in [0.5, 0.6) is 0 Å². The third kappa shape index (κ3) is 24.5. The van der Waals surface area contributed by atoms with Gasteiger partial charge in [0.1, 0.15) is 0 Å². The van der Waals surface area contributed by atoms with Gasteiger partial charge < -0.3 is 9.79 Å². The first-order chi connectivity index (χ1) is 2.56. The van der Waals surface area contributed by atoms with Gasteiger partial charge in [-0.25, -0.2) is 4.57 Å². The molecule has 0 bridgehead atoms. The molecule has 0 aliphatic heterocycles. The zero-order chi connectivity index (χ0) is 5.21. The molecule has 0 aromatic heterocycles. The van der Waals surface area contributed by atoms with E-state index in [4.69, 9.17) is 9.79 Å². The molecular weight excluding hydrogens is 232 g/mol. The summed E-state index contributed by atoms with van der Waals surface area (Å²) >= 11 is 4.21. The van der Waals surface area contributed by atoms with E-state index in [-0.39, 0.29) is 132 Å². The molecule has 0 unspecified atom stereocenters. The quantitative estimate of drug-likeness (QED) is 0.421. The summed E-state index contributed by atoms with van der Waals surface area (Å²) in [6, 6.07) is 0. The van der Waals surface area contributed by atoms with Gasteiger partial charge in [0.05, 0.1) is 11.9 Å². The van der Waals surface area contributed by atoms with Crippen LogP contribution in [0, 0.1) is 0 Å². The monoisotopic (exact) mass is 236 g/mol. The van der Waals surface area contributed by atoms with Crippen molar-refractivity contribution in [2.45, 2.75) is 0 Å². The first kappa shape index (κ1) is 23.5. The Kier molecular flexibility index (Phi) is 33.0. The average Bonchev–Trinajstić information content (AvgIpc) is 1.35. The molecule has 9 heavy (non-hydrogen) atoms. The minimum absolute atomic E-state index is 0. The normalized spacial score (nSPS) is 7.89. The molecule has 0 aromatic carbocycles. The van der Waals surface area contributed by atoms with Gasteiger partial charge in [-0.15, -0.1) is 0 Å². The van der Waals surface area contributed by atoms with Crippen molar-refractivity contribution in [2.24, 2.45) is 0 Å². The summed E-state index contributed by atoms with van der Waals surface area (Å²) in [5, 5.41) is 0. The van der Waals surface area contributed by atoms with Crippen LogP contribution >= 0.6 is 19.7 Å². The van der Waals surface area contributed by atoms with Crippen molar-refractivity contribution in [1.82, 2.24) is 0 Å². The molecule has 0 rings (SSSR count). The molecule has 0 saturated heterocycles. The Hall–Kier alpha value is 4.67. The Bertz CT molecular complexity index is 82.6. The van der Waals surface area contributed by atoms with E-state index < -0.39 is 7.82 Å². The fourth-order valence-electron chi connectivity index (χ4n) is 0. The molecule has 0 aliphatic carbocycles.